The Hall–Kier alpha value is -1.96. The van der Waals surface area contributed by atoms with Crippen molar-refractivity contribution in [1.29, 1.82) is 0 Å². The number of halogens is 1. The van der Waals surface area contributed by atoms with Crippen molar-refractivity contribution in [3.05, 3.63) is 60.0 Å². The fourth-order valence-electron chi connectivity index (χ4n) is 3.18. The number of hydrogen-bond acceptors (Lipinski definition) is 1. The lowest BCUT2D eigenvalue weighted by atomic mass is 10.1. The van der Waals surface area contributed by atoms with Crippen LogP contribution in [-0.4, -0.2) is 41.1 Å². The molecule has 2 heterocycles. The molecule has 0 saturated heterocycles. The smallest absolute Gasteiger partial charge is 0.193 e. The van der Waals surface area contributed by atoms with E-state index in [0.29, 0.717) is 0 Å². The van der Waals surface area contributed by atoms with E-state index in [0.717, 1.165) is 31.9 Å². The summed E-state index contributed by atoms with van der Waals surface area (Å²) in [6.45, 7) is 1.75. The van der Waals surface area contributed by atoms with Gasteiger partial charge in [0, 0.05) is 56.7 Å². The number of rotatable bonds is 6. The predicted octanol–water partition coefficient (Wildman–Crippen LogP) is 3.76. The number of aromatic nitrogens is 2. The molecule has 0 bridgehead atoms. The number of aromatic amines is 1. The first-order chi connectivity index (χ1) is 12.2. The fraction of sp³-hybridized carbons (Fsp3) is 0.350. The molecule has 0 aliphatic heterocycles. The third kappa shape index (κ3) is 4.81. The van der Waals surface area contributed by atoms with Gasteiger partial charge in [-0.2, -0.15) is 0 Å². The molecule has 5 nitrogen and oxygen atoms in total. The van der Waals surface area contributed by atoms with E-state index in [1.165, 1.54) is 22.2 Å². The van der Waals surface area contributed by atoms with Crippen molar-refractivity contribution in [3.8, 4) is 0 Å². The number of hydrogen-bond donors (Lipinski definition) is 2. The van der Waals surface area contributed by atoms with Crippen LogP contribution in [0.15, 0.2) is 53.8 Å². The van der Waals surface area contributed by atoms with Gasteiger partial charge in [0.1, 0.15) is 0 Å². The first-order valence-corrected chi connectivity index (χ1v) is 8.76. The van der Waals surface area contributed by atoms with Crippen LogP contribution in [0.4, 0.5) is 0 Å². The Labute approximate surface area is 172 Å². The Morgan fingerprint density at radius 1 is 1.23 bits per heavy atom. The van der Waals surface area contributed by atoms with Crippen LogP contribution in [0.3, 0.4) is 0 Å². The maximum atomic E-state index is 4.40. The van der Waals surface area contributed by atoms with Gasteiger partial charge in [-0.25, -0.2) is 0 Å². The number of nitrogens with one attached hydrogen (secondary N) is 2. The van der Waals surface area contributed by atoms with Gasteiger partial charge >= 0.3 is 0 Å². The summed E-state index contributed by atoms with van der Waals surface area (Å²) in [5.41, 5.74) is 3.86. The molecule has 6 heteroatoms. The Bertz CT molecular complexity index is 849. The maximum Gasteiger partial charge on any atom is 0.193 e. The van der Waals surface area contributed by atoms with Gasteiger partial charge in [0.2, 0.25) is 0 Å². The highest BCUT2D eigenvalue weighted by Gasteiger charge is 2.08. The number of H-pyrrole nitrogens is 1. The second-order valence-corrected chi connectivity index (χ2v) is 6.40. The van der Waals surface area contributed by atoms with Crippen molar-refractivity contribution in [3.63, 3.8) is 0 Å². The zero-order chi connectivity index (χ0) is 17.6. The van der Waals surface area contributed by atoms with E-state index in [1.54, 1.807) is 0 Å². The average molecular weight is 465 g/mol. The number of fused-ring (bicyclic) bond motifs is 1. The van der Waals surface area contributed by atoms with E-state index in [-0.39, 0.29) is 24.0 Å². The Balaban J connectivity index is 0.00000243. The molecule has 0 fully saturated rings. The molecule has 0 amide bonds. The molecule has 3 rings (SSSR count). The zero-order valence-corrected chi connectivity index (χ0v) is 18.0. The standard InChI is InChI=1S/C20H27N5.HI/c1-21-20(25(3)15-17-9-7-13-24(17)2)22-12-6-8-16-14-23-19-11-5-4-10-18(16)19;/h4-5,7,9-11,13-14,23H,6,8,12,15H2,1-3H3,(H,21,22);1H. The monoisotopic (exact) mass is 465 g/mol. The summed E-state index contributed by atoms with van der Waals surface area (Å²) in [5, 5.41) is 4.79. The number of benzene rings is 1. The summed E-state index contributed by atoms with van der Waals surface area (Å²) in [4.78, 5) is 9.90. The van der Waals surface area contributed by atoms with E-state index in [1.807, 2.05) is 7.05 Å². The summed E-state index contributed by atoms with van der Waals surface area (Å²) >= 11 is 0. The molecule has 26 heavy (non-hydrogen) atoms. The van der Waals surface area contributed by atoms with Crippen molar-refractivity contribution in [2.24, 2.45) is 12.0 Å². The lowest BCUT2D eigenvalue weighted by Gasteiger charge is -2.22. The lowest BCUT2D eigenvalue weighted by Crippen LogP contribution is -2.39. The largest absolute Gasteiger partial charge is 0.361 e. The summed E-state index contributed by atoms with van der Waals surface area (Å²) in [7, 11) is 5.98. The van der Waals surface area contributed by atoms with Crippen molar-refractivity contribution < 1.29 is 0 Å². The number of aliphatic imine (C=N–C) groups is 1. The maximum absolute atomic E-state index is 4.40. The van der Waals surface area contributed by atoms with Gasteiger partial charge in [0.15, 0.2) is 5.96 Å². The third-order valence-electron chi connectivity index (χ3n) is 4.60. The normalized spacial score (nSPS) is 11.4. The molecule has 2 aromatic heterocycles. The lowest BCUT2D eigenvalue weighted by molar-refractivity contribution is 0.461. The molecule has 0 aliphatic carbocycles. The predicted molar refractivity (Wildman–Crippen MR) is 120 cm³/mol. The zero-order valence-electron chi connectivity index (χ0n) is 15.7. The van der Waals surface area contributed by atoms with E-state index in [4.69, 9.17) is 0 Å². The Morgan fingerprint density at radius 3 is 2.77 bits per heavy atom. The molecular weight excluding hydrogens is 437 g/mol. The van der Waals surface area contributed by atoms with Crippen molar-refractivity contribution in [2.45, 2.75) is 19.4 Å². The van der Waals surface area contributed by atoms with E-state index < -0.39 is 0 Å². The van der Waals surface area contributed by atoms with Crippen LogP contribution in [-0.2, 0) is 20.0 Å². The third-order valence-corrected chi connectivity index (χ3v) is 4.60. The first kappa shape index (κ1) is 20.4. The van der Waals surface area contributed by atoms with Crippen LogP contribution in [0.2, 0.25) is 0 Å². The van der Waals surface area contributed by atoms with Crippen LogP contribution in [0, 0.1) is 0 Å². The molecule has 0 spiro atoms. The highest BCUT2D eigenvalue weighted by molar-refractivity contribution is 14.0. The average Bonchev–Trinajstić information content (AvgIpc) is 3.21. The van der Waals surface area contributed by atoms with Crippen LogP contribution < -0.4 is 5.32 Å². The number of guanidine groups is 1. The van der Waals surface area contributed by atoms with Gasteiger partial charge in [-0.15, -0.1) is 24.0 Å². The number of nitrogens with zero attached hydrogens (tertiary/aromatic N) is 3. The first-order valence-electron chi connectivity index (χ1n) is 8.76. The van der Waals surface area contributed by atoms with Crippen LogP contribution in [0.1, 0.15) is 17.7 Å². The topological polar surface area (TPSA) is 48.4 Å². The van der Waals surface area contributed by atoms with Gasteiger partial charge in [0.05, 0.1) is 6.54 Å². The molecule has 140 valence electrons. The second-order valence-electron chi connectivity index (χ2n) is 6.40. The highest BCUT2D eigenvalue weighted by atomic mass is 127. The molecular formula is C20H28IN5. The van der Waals surface area contributed by atoms with Crippen molar-refractivity contribution in [2.75, 3.05) is 20.6 Å². The Kier molecular flexibility index (Phi) is 7.56. The van der Waals surface area contributed by atoms with E-state index in [2.05, 4.69) is 87.6 Å². The minimum Gasteiger partial charge on any atom is -0.361 e. The van der Waals surface area contributed by atoms with Gasteiger partial charge in [-0.3, -0.25) is 4.99 Å². The molecule has 0 saturated carbocycles. The molecule has 2 N–H and O–H groups in total. The van der Waals surface area contributed by atoms with Gasteiger partial charge < -0.3 is 19.8 Å². The summed E-state index contributed by atoms with van der Waals surface area (Å²) < 4.78 is 2.14. The SMILES string of the molecule is CN=C(NCCCc1c[nH]c2ccccc12)N(C)Cc1cccn1C.I. The molecule has 0 atom stereocenters. The van der Waals surface area contributed by atoms with Gasteiger partial charge in [-0.05, 0) is 36.6 Å². The molecule has 3 aromatic rings. The Morgan fingerprint density at radius 2 is 2.04 bits per heavy atom. The number of para-hydroxylation sites is 1. The van der Waals surface area contributed by atoms with E-state index >= 15 is 0 Å². The van der Waals surface area contributed by atoms with E-state index in [9.17, 15) is 0 Å². The second kappa shape index (κ2) is 9.66. The highest BCUT2D eigenvalue weighted by Crippen LogP contribution is 2.18. The van der Waals surface area contributed by atoms with Crippen molar-refractivity contribution in [1.82, 2.24) is 19.8 Å². The minimum absolute atomic E-state index is 0. The fourth-order valence-corrected chi connectivity index (χ4v) is 3.18. The summed E-state index contributed by atoms with van der Waals surface area (Å²) in [6, 6.07) is 12.7. The molecule has 1 aromatic carbocycles. The minimum atomic E-state index is 0. The van der Waals surface area contributed by atoms with Gasteiger partial charge in [-0.1, -0.05) is 18.2 Å². The summed E-state index contributed by atoms with van der Waals surface area (Å²) in [5.74, 6) is 0.931. The molecule has 0 radical (unpaired) electrons. The quantitative estimate of drug-likeness (QED) is 0.252. The summed E-state index contributed by atoms with van der Waals surface area (Å²) in [6.07, 6.45) is 6.32. The van der Waals surface area contributed by atoms with Crippen LogP contribution in [0.5, 0.6) is 0 Å². The molecule has 0 unspecified atom stereocenters. The number of aryl methyl sites for hydroxylation is 2. The molecule has 0 aliphatic rings. The van der Waals surface area contributed by atoms with Crippen molar-refractivity contribution >= 4 is 40.8 Å². The van der Waals surface area contributed by atoms with Gasteiger partial charge in [0.25, 0.3) is 0 Å². The van der Waals surface area contributed by atoms with Crippen LogP contribution in [0.25, 0.3) is 10.9 Å². The van der Waals surface area contributed by atoms with Crippen LogP contribution >= 0.6 is 24.0 Å².